The van der Waals surface area contributed by atoms with Crippen LogP contribution in [0.25, 0.3) is 10.2 Å². The molecule has 0 spiro atoms. The standard InChI is InChI=1S/C21H22N4O2S/c26-21(24-15-7-9-25(12-15)19-6-1-2-8-22-19)14-10-16(11-14)27-17-4-3-5-18-20(17)23-13-28-18/h1-6,8,13-16H,7,9-12H2,(H,24,26)/t14-,15?,16-. The predicted octanol–water partition coefficient (Wildman–Crippen LogP) is 3.24. The molecule has 6 nitrogen and oxygen atoms in total. The van der Waals surface area contributed by atoms with E-state index in [0.717, 1.165) is 54.1 Å². The molecular formula is C21H22N4O2S. The van der Waals surface area contributed by atoms with Gasteiger partial charge in [0.05, 0.1) is 10.2 Å². The Kier molecular flexibility index (Phi) is 4.60. The molecule has 3 aromatic rings. The maximum absolute atomic E-state index is 12.6. The number of nitrogens with one attached hydrogen (secondary N) is 1. The molecule has 28 heavy (non-hydrogen) atoms. The van der Waals surface area contributed by atoms with Gasteiger partial charge in [-0.2, -0.15) is 0 Å². The minimum absolute atomic E-state index is 0.0449. The molecule has 1 amide bonds. The molecule has 1 aliphatic heterocycles. The molecule has 1 saturated heterocycles. The third-order valence-electron chi connectivity index (χ3n) is 5.59. The first-order valence-electron chi connectivity index (χ1n) is 9.71. The van der Waals surface area contributed by atoms with Gasteiger partial charge in [-0.3, -0.25) is 4.79 Å². The van der Waals surface area contributed by atoms with Crippen molar-refractivity contribution in [2.75, 3.05) is 18.0 Å². The van der Waals surface area contributed by atoms with Crippen LogP contribution in [0, 0.1) is 5.92 Å². The summed E-state index contributed by atoms with van der Waals surface area (Å²) in [5.41, 5.74) is 2.76. The monoisotopic (exact) mass is 394 g/mol. The molecule has 0 bridgehead atoms. The number of aromatic nitrogens is 2. The summed E-state index contributed by atoms with van der Waals surface area (Å²) in [6, 6.07) is 12.1. The first-order valence-corrected chi connectivity index (χ1v) is 10.6. The van der Waals surface area contributed by atoms with Crippen molar-refractivity contribution in [1.82, 2.24) is 15.3 Å². The lowest BCUT2D eigenvalue weighted by Crippen LogP contribution is -2.47. The summed E-state index contributed by atoms with van der Waals surface area (Å²) < 4.78 is 7.22. The van der Waals surface area contributed by atoms with Gasteiger partial charge in [-0.05, 0) is 43.5 Å². The molecule has 2 fully saturated rings. The molecule has 144 valence electrons. The fourth-order valence-corrected chi connectivity index (χ4v) is 4.65. The van der Waals surface area contributed by atoms with Crippen molar-refractivity contribution < 1.29 is 9.53 Å². The van der Waals surface area contributed by atoms with Crippen LogP contribution >= 0.6 is 11.3 Å². The number of hydrogen-bond acceptors (Lipinski definition) is 6. The van der Waals surface area contributed by atoms with Crippen molar-refractivity contribution in [1.29, 1.82) is 0 Å². The SMILES string of the molecule is O=C(NC1CCN(c2ccccn2)C1)[C@H]1C[C@H](Oc2cccc3scnc23)C1. The van der Waals surface area contributed by atoms with Gasteiger partial charge in [-0.15, -0.1) is 11.3 Å². The topological polar surface area (TPSA) is 67.4 Å². The van der Waals surface area contributed by atoms with Crippen LogP contribution in [0.1, 0.15) is 19.3 Å². The number of hydrogen-bond donors (Lipinski definition) is 1. The molecule has 1 aliphatic carbocycles. The van der Waals surface area contributed by atoms with Gasteiger partial charge in [-0.25, -0.2) is 9.97 Å². The Balaban J connectivity index is 1.11. The second kappa shape index (κ2) is 7.39. The van der Waals surface area contributed by atoms with Gasteiger partial charge in [0, 0.05) is 31.2 Å². The Morgan fingerprint density at radius 3 is 2.96 bits per heavy atom. The van der Waals surface area contributed by atoms with E-state index in [2.05, 4.69) is 20.2 Å². The molecule has 7 heteroatoms. The smallest absolute Gasteiger partial charge is 0.223 e. The first-order chi connectivity index (χ1) is 13.8. The van der Waals surface area contributed by atoms with Crippen LogP contribution in [0.5, 0.6) is 5.75 Å². The Hall–Kier alpha value is -2.67. The van der Waals surface area contributed by atoms with Gasteiger partial charge >= 0.3 is 0 Å². The Morgan fingerprint density at radius 2 is 2.11 bits per heavy atom. The van der Waals surface area contributed by atoms with Crippen LogP contribution in [0.2, 0.25) is 0 Å². The molecular weight excluding hydrogens is 372 g/mol. The molecule has 1 aromatic carbocycles. The molecule has 0 radical (unpaired) electrons. The average Bonchev–Trinajstić information content (AvgIpc) is 3.34. The summed E-state index contributed by atoms with van der Waals surface area (Å²) in [5.74, 6) is 2.00. The van der Waals surface area contributed by atoms with Crippen molar-refractivity contribution in [3.8, 4) is 5.75 Å². The molecule has 1 atom stereocenters. The summed E-state index contributed by atoms with van der Waals surface area (Å²) in [4.78, 5) is 23.6. The molecule has 2 aromatic heterocycles. The lowest BCUT2D eigenvalue weighted by molar-refractivity contribution is -0.131. The van der Waals surface area contributed by atoms with Gasteiger partial charge in [0.25, 0.3) is 0 Å². The number of carbonyl (C=O) groups is 1. The van der Waals surface area contributed by atoms with E-state index in [1.807, 2.05) is 48.1 Å². The van der Waals surface area contributed by atoms with E-state index in [1.165, 1.54) is 0 Å². The molecule has 1 saturated carbocycles. The van der Waals surface area contributed by atoms with E-state index in [-0.39, 0.29) is 24.0 Å². The maximum atomic E-state index is 12.6. The number of anilines is 1. The summed E-state index contributed by atoms with van der Waals surface area (Å²) in [5, 5.41) is 3.22. The highest BCUT2D eigenvalue weighted by atomic mass is 32.1. The van der Waals surface area contributed by atoms with Crippen molar-refractivity contribution in [3.63, 3.8) is 0 Å². The average molecular weight is 395 g/mol. The third kappa shape index (κ3) is 3.42. The van der Waals surface area contributed by atoms with E-state index >= 15 is 0 Å². The third-order valence-corrected chi connectivity index (χ3v) is 6.38. The van der Waals surface area contributed by atoms with Gasteiger partial charge in [0.15, 0.2) is 0 Å². The lowest BCUT2D eigenvalue weighted by atomic mass is 9.81. The predicted molar refractivity (Wildman–Crippen MR) is 110 cm³/mol. The summed E-state index contributed by atoms with van der Waals surface area (Å²) in [7, 11) is 0. The maximum Gasteiger partial charge on any atom is 0.223 e. The van der Waals surface area contributed by atoms with Gasteiger partial charge in [0.1, 0.15) is 23.2 Å². The summed E-state index contributed by atoms with van der Waals surface area (Å²) >= 11 is 1.61. The Labute approximate surface area is 167 Å². The second-order valence-electron chi connectivity index (χ2n) is 7.49. The zero-order valence-corrected chi connectivity index (χ0v) is 16.3. The minimum atomic E-state index is 0.0449. The molecule has 2 aliphatic rings. The van der Waals surface area contributed by atoms with Crippen molar-refractivity contribution in [3.05, 3.63) is 48.1 Å². The number of carbonyl (C=O) groups excluding carboxylic acids is 1. The van der Waals surface area contributed by atoms with Crippen molar-refractivity contribution >= 4 is 33.3 Å². The van der Waals surface area contributed by atoms with Crippen LogP contribution in [0.4, 0.5) is 5.82 Å². The number of amides is 1. The molecule has 1 N–H and O–H groups in total. The quantitative estimate of drug-likeness (QED) is 0.720. The Bertz CT molecular complexity index is 971. The van der Waals surface area contributed by atoms with Crippen LogP contribution in [0.3, 0.4) is 0 Å². The number of nitrogens with zero attached hydrogens (tertiary/aromatic N) is 3. The molecule has 3 heterocycles. The fraction of sp³-hybridized carbons (Fsp3) is 0.381. The lowest BCUT2D eigenvalue weighted by Gasteiger charge is -2.35. The van der Waals surface area contributed by atoms with Crippen molar-refractivity contribution in [2.24, 2.45) is 5.92 Å². The summed E-state index contributed by atoms with van der Waals surface area (Å²) in [6.07, 6.45) is 4.39. The van der Waals surface area contributed by atoms with E-state index in [4.69, 9.17) is 4.74 Å². The zero-order chi connectivity index (χ0) is 18.9. The van der Waals surface area contributed by atoms with Crippen LogP contribution in [-0.4, -0.2) is 41.1 Å². The first kappa shape index (κ1) is 17.4. The largest absolute Gasteiger partial charge is 0.488 e. The number of pyridine rings is 1. The fourth-order valence-electron chi connectivity index (χ4n) is 3.96. The molecule has 5 rings (SSSR count). The number of para-hydroxylation sites is 1. The number of fused-ring (bicyclic) bond motifs is 1. The van der Waals surface area contributed by atoms with E-state index < -0.39 is 0 Å². The van der Waals surface area contributed by atoms with Crippen LogP contribution in [-0.2, 0) is 4.79 Å². The normalized spacial score (nSPS) is 24.1. The van der Waals surface area contributed by atoms with E-state index in [0.29, 0.717) is 0 Å². The number of benzene rings is 1. The van der Waals surface area contributed by atoms with E-state index in [9.17, 15) is 4.79 Å². The van der Waals surface area contributed by atoms with E-state index in [1.54, 1.807) is 11.3 Å². The van der Waals surface area contributed by atoms with Crippen molar-refractivity contribution in [2.45, 2.75) is 31.4 Å². The highest BCUT2D eigenvalue weighted by Gasteiger charge is 2.38. The number of thiazole rings is 1. The number of rotatable bonds is 5. The van der Waals surface area contributed by atoms with Gasteiger partial charge in [0.2, 0.25) is 5.91 Å². The molecule has 1 unspecified atom stereocenters. The van der Waals surface area contributed by atoms with Crippen LogP contribution < -0.4 is 15.0 Å². The van der Waals surface area contributed by atoms with Gasteiger partial charge < -0.3 is 15.0 Å². The minimum Gasteiger partial charge on any atom is -0.488 e. The highest BCUT2D eigenvalue weighted by Crippen LogP contribution is 2.35. The number of ether oxygens (including phenoxy) is 1. The summed E-state index contributed by atoms with van der Waals surface area (Å²) in [6.45, 7) is 1.75. The Morgan fingerprint density at radius 1 is 1.18 bits per heavy atom. The van der Waals surface area contributed by atoms with Gasteiger partial charge in [-0.1, -0.05) is 12.1 Å². The van der Waals surface area contributed by atoms with Crippen LogP contribution in [0.15, 0.2) is 48.1 Å². The highest BCUT2D eigenvalue weighted by molar-refractivity contribution is 7.16. The zero-order valence-electron chi connectivity index (χ0n) is 15.5. The second-order valence-corrected chi connectivity index (χ2v) is 8.38.